The molecule has 29 heavy (non-hydrogen) atoms. The molecule has 0 saturated heterocycles. The number of benzene rings is 1. The van der Waals surface area contributed by atoms with Crippen LogP contribution in [0.4, 0.5) is 0 Å². The lowest BCUT2D eigenvalue weighted by Gasteiger charge is -2.27. The SMILES string of the molecule is CN=C(NCCc1ccc(Cl)nc1)NCC(C)(C)c1ccc(OC)c(OC)c1.I. The fourth-order valence-electron chi connectivity index (χ4n) is 2.76. The first-order chi connectivity index (χ1) is 13.4. The number of methoxy groups -OCH3 is 2. The van der Waals surface area contributed by atoms with Crippen molar-refractivity contribution in [3.8, 4) is 11.5 Å². The van der Waals surface area contributed by atoms with E-state index in [0.29, 0.717) is 11.7 Å². The van der Waals surface area contributed by atoms with Crippen molar-refractivity contribution in [1.29, 1.82) is 0 Å². The predicted octanol–water partition coefficient (Wildman–Crippen LogP) is 4.06. The number of hydrogen-bond donors (Lipinski definition) is 2. The van der Waals surface area contributed by atoms with Crippen LogP contribution in [0.1, 0.15) is 25.0 Å². The smallest absolute Gasteiger partial charge is 0.191 e. The number of nitrogens with zero attached hydrogens (tertiary/aromatic N) is 2. The van der Waals surface area contributed by atoms with Gasteiger partial charge in [0.2, 0.25) is 0 Å². The minimum absolute atomic E-state index is 0. The van der Waals surface area contributed by atoms with Crippen LogP contribution in [0.3, 0.4) is 0 Å². The zero-order chi connectivity index (χ0) is 20.6. The van der Waals surface area contributed by atoms with E-state index in [0.717, 1.165) is 41.6 Å². The summed E-state index contributed by atoms with van der Waals surface area (Å²) >= 11 is 5.82. The van der Waals surface area contributed by atoms with Gasteiger partial charge < -0.3 is 20.1 Å². The molecule has 6 nitrogen and oxygen atoms in total. The summed E-state index contributed by atoms with van der Waals surface area (Å²) in [6, 6.07) is 9.79. The number of ether oxygens (including phenoxy) is 2. The Bertz CT molecular complexity index is 798. The molecule has 2 N–H and O–H groups in total. The monoisotopic (exact) mass is 532 g/mol. The standard InChI is InChI=1S/C21H29ClN4O2.HI/c1-21(2,16-7-8-17(27-4)18(12-16)28-5)14-26-20(23-3)24-11-10-15-6-9-19(22)25-13-15;/h6-9,12-13H,10-11,14H2,1-5H3,(H2,23,24,26);1H. The van der Waals surface area contributed by atoms with Gasteiger partial charge in [0.1, 0.15) is 5.15 Å². The van der Waals surface area contributed by atoms with Crippen molar-refractivity contribution in [1.82, 2.24) is 15.6 Å². The number of aliphatic imine (C=N–C) groups is 1. The summed E-state index contributed by atoms with van der Waals surface area (Å²) in [4.78, 5) is 8.40. The van der Waals surface area contributed by atoms with Crippen molar-refractivity contribution < 1.29 is 9.47 Å². The molecule has 1 aromatic heterocycles. The molecular weight excluding hydrogens is 503 g/mol. The molecule has 0 bridgehead atoms. The summed E-state index contributed by atoms with van der Waals surface area (Å²) in [6.07, 6.45) is 2.63. The third kappa shape index (κ3) is 7.54. The Morgan fingerprint density at radius 2 is 1.83 bits per heavy atom. The van der Waals surface area contributed by atoms with E-state index >= 15 is 0 Å². The highest BCUT2D eigenvalue weighted by molar-refractivity contribution is 14.0. The van der Waals surface area contributed by atoms with E-state index < -0.39 is 0 Å². The molecule has 0 aliphatic heterocycles. The highest BCUT2D eigenvalue weighted by Gasteiger charge is 2.22. The van der Waals surface area contributed by atoms with Crippen LogP contribution in [0.25, 0.3) is 0 Å². The van der Waals surface area contributed by atoms with Gasteiger partial charge in [0.05, 0.1) is 14.2 Å². The predicted molar refractivity (Wildman–Crippen MR) is 130 cm³/mol. The topological polar surface area (TPSA) is 67.8 Å². The fraction of sp³-hybridized carbons (Fsp3) is 0.429. The molecule has 0 atom stereocenters. The summed E-state index contributed by atoms with van der Waals surface area (Å²) in [7, 11) is 5.05. The zero-order valence-corrected chi connectivity index (χ0v) is 20.7. The number of pyridine rings is 1. The summed E-state index contributed by atoms with van der Waals surface area (Å²) < 4.78 is 10.8. The molecule has 2 aromatic rings. The maximum Gasteiger partial charge on any atom is 0.191 e. The van der Waals surface area contributed by atoms with Gasteiger partial charge in [0, 0.05) is 31.7 Å². The molecular formula is C21H30ClIN4O2. The van der Waals surface area contributed by atoms with Gasteiger partial charge in [-0.15, -0.1) is 24.0 Å². The number of hydrogen-bond acceptors (Lipinski definition) is 4. The number of guanidine groups is 1. The number of aromatic nitrogens is 1. The Labute approximate surface area is 195 Å². The fourth-order valence-corrected chi connectivity index (χ4v) is 2.88. The number of halogens is 2. The Morgan fingerprint density at radius 1 is 1.10 bits per heavy atom. The number of rotatable bonds is 8. The Kier molecular flexibility index (Phi) is 10.5. The van der Waals surface area contributed by atoms with Crippen LogP contribution in [-0.4, -0.2) is 45.3 Å². The van der Waals surface area contributed by atoms with Crippen molar-refractivity contribution in [2.45, 2.75) is 25.7 Å². The highest BCUT2D eigenvalue weighted by Crippen LogP contribution is 2.32. The normalized spacial score (nSPS) is 11.4. The second-order valence-corrected chi connectivity index (χ2v) is 7.43. The molecule has 0 fully saturated rings. The van der Waals surface area contributed by atoms with Gasteiger partial charge in [-0.3, -0.25) is 4.99 Å². The van der Waals surface area contributed by atoms with Gasteiger partial charge in [-0.05, 0) is 35.7 Å². The molecule has 8 heteroatoms. The quantitative estimate of drug-likeness (QED) is 0.232. The second-order valence-electron chi connectivity index (χ2n) is 7.05. The summed E-state index contributed by atoms with van der Waals surface area (Å²) in [5.41, 5.74) is 2.15. The first-order valence-corrected chi connectivity index (χ1v) is 9.55. The average Bonchev–Trinajstić information content (AvgIpc) is 2.71. The van der Waals surface area contributed by atoms with Crippen molar-refractivity contribution in [2.75, 3.05) is 34.4 Å². The van der Waals surface area contributed by atoms with Crippen LogP contribution < -0.4 is 20.1 Å². The van der Waals surface area contributed by atoms with E-state index in [1.165, 1.54) is 0 Å². The van der Waals surface area contributed by atoms with Crippen LogP contribution in [0.5, 0.6) is 11.5 Å². The molecule has 0 amide bonds. The van der Waals surface area contributed by atoms with Crippen molar-refractivity contribution in [2.24, 2.45) is 4.99 Å². The maximum atomic E-state index is 5.82. The third-order valence-electron chi connectivity index (χ3n) is 4.58. The van der Waals surface area contributed by atoms with E-state index in [1.54, 1.807) is 33.5 Å². The average molecular weight is 533 g/mol. The number of nitrogens with one attached hydrogen (secondary N) is 2. The lowest BCUT2D eigenvalue weighted by atomic mass is 9.84. The molecule has 0 radical (unpaired) electrons. The first-order valence-electron chi connectivity index (χ1n) is 9.17. The molecule has 0 aliphatic rings. The van der Waals surface area contributed by atoms with Crippen LogP contribution in [-0.2, 0) is 11.8 Å². The van der Waals surface area contributed by atoms with Crippen LogP contribution in [0.15, 0.2) is 41.5 Å². The molecule has 1 aromatic carbocycles. The van der Waals surface area contributed by atoms with E-state index in [2.05, 4.69) is 40.5 Å². The van der Waals surface area contributed by atoms with Crippen LogP contribution >= 0.6 is 35.6 Å². The van der Waals surface area contributed by atoms with Crippen molar-refractivity contribution in [3.05, 3.63) is 52.8 Å². The molecule has 1 heterocycles. The van der Waals surface area contributed by atoms with Crippen LogP contribution in [0.2, 0.25) is 5.15 Å². The second kappa shape index (κ2) is 12.1. The largest absolute Gasteiger partial charge is 0.493 e. The maximum absolute atomic E-state index is 5.82. The van der Waals surface area contributed by atoms with Gasteiger partial charge in [0.25, 0.3) is 0 Å². The molecule has 0 saturated carbocycles. The lowest BCUT2D eigenvalue weighted by molar-refractivity contribution is 0.353. The van der Waals surface area contributed by atoms with Gasteiger partial charge >= 0.3 is 0 Å². The van der Waals surface area contributed by atoms with E-state index in [1.807, 2.05) is 18.2 Å². The van der Waals surface area contributed by atoms with Crippen LogP contribution in [0, 0.1) is 0 Å². The van der Waals surface area contributed by atoms with E-state index in [-0.39, 0.29) is 29.4 Å². The molecule has 0 aliphatic carbocycles. The van der Waals surface area contributed by atoms with Gasteiger partial charge in [-0.1, -0.05) is 37.6 Å². The molecule has 0 unspecified atom stereocenters. The molecule has 0 spiro atoms. The van der Waals surface area contributed by atoms with Gasteiger partial charge in [-0.2, -0.15) is 0 Å². The van der Waals surface area contributed by atoms with Crippen molar-refractivity contribution >= 4 is 41.5 Å². The minimum atomic E-state index is -0.128. The Hall–Kier alpha value is -1.74. The van der Waals surface area contributed by atoms with E-state index in [4.69, 9.17) is 21.1 Å². The zero-order valence-electron chi connectivity index (χ0n) is 17.6. The Balaban J connectivity index is 0.00000420. The van der Waals surface area contributed by atoms with Gasteiger partial charge in [-0.25, -0.2) is 4.98 Å². The van der Waals surface area contributed by atoms with Gasteiger partial charge in [0.15, 0.2) is 17.5 Å². The summed E-state index contributed by atoms with van der Waals surface area (Å²) in [5, 5.41) is 7.24. The van der Waals surface area contributed by atoms with Crippen molar-refractivity contribution in [3.63, 3.8) is 0 Å². The Morgan fingerprint density at radius 3 is 2.41 bits per heavy atom. The highest BCUT2D eigenvalue weighted by atomic mass is 127. The lowest BCUT2D eigenvalue weighted by Crippen LogP contribution is -2.44. The van der Waals surface area contributed by atoms with E-state index in [9.17, 15) is 0 Å². The molecule has 2 rings (SSSR count). The minimum Gasteiger partial charge on any atom is -0.493 e. The molecule has 160 valence electrons. The third-order valence-corrected chi connectivity index (χ3v) is 4.80. The summed E-state index contributed by atoms with van der Waals surface area (Å²) in [5.74, 6) is 2.21. The summed E-state index contributed by atoms with van der Waals surface area (Å²) in [6.45, 7) is 5.81. The first kappa shape index (κ1) is 25.3.